The van der Waals surface area contributed by atoms with Crippen molar-refractivity contribution in [2.24, 2.45) is 5.84 Å². The lowest BCUT2D eigenvalue weighted by molar-refractivity contribution is 0.385. The fraction of sp³-hybridized carbons (Fsp3) is 0.400. The third kappa shape index (κ3) is 4.71. The van der Waals surface area contributed by atoms with E-state index in [1.54, 1.807) is 19.4 Å². The van der Waals surface area contributed by atoms with Crippen LogP contribution >= 0.6 is 0 Å². The van der Waals surface area contributed by atoms with E-state index in [1.807, 2.05) is 12.1 Å². The van der Waals surface area contributed by atoms with E-state index in [0.29, 0.717) is 29.2 Å². The van der Waals surface area contributed by atoms with Crippen LogP contribution in [0.3, 0.4) is 0 Å². The number of pyridine rings is 2. The minimum atomic E-state index is 0.337. The number of hydrazine groups is 1. The maximum absolute atomic E-state index is 6.32. The van der Waals surface area contributed by atoms with Gasteiger partial charge in [0.15, 0.2) is 5.82 Å². The Morgan fingerprint density at radius 2 is 2.04 bits per heavy atom. The Morgan fingerprint density at radius 1 is 1.25 bits per heavy atom. The van der Waals surface area contributed by atoms with E-state index in [0.717, 1.165) is 23.2 Å². The van der Waals surface area contributed by atoms with Gasteiger partial charge in [-0.3, -0.25) is 0 Å². The Kier molecular flexibility index (Phi) is 6.67. The maximum atomic E-state index is 6.32. The van der Waals surface area contributed by atoms with Gasteiger partial charge in [-0.1, -0.05) is 25.3 Å². The Morgan fingerprint density at radius 3 is 2.75 bits per heavy atom. The molecule has 0 bridgehead atoms. The summed E-state index contributed by atoms with van der Waals surface area (Å²) in [5.74, 6) is 6.78. The van der Waals surface area contributed by atoms with Crippen LogP contribution in [0.1, 0.15) is 43.2 Å². The number of nitrogens with zero attached hydrogens (tertiary/aromatic N) is 2. The van der Waals surface area contributed by atoms with Crippen LogP contribution in [0.25, 0.3) is 5.57 Å². The highest BCUT2D eigenvalue weighted by Crippen LogP contribution is 2.33. The van der Waals surface area contributed by atoms with E-state index in [9.17, 15) is 0 Å². The third-order valence-electron chi connectivity index (χ3n) is 5.08. The van der Waals surface area contributed by atoms with E-state index in [1.165, 1.54) is 32.1 Å². The SMILES string of the molecule is COc1cc(/C(=C\CNC2CCCCC2)c2cc(N)nc(NN)c2N)ccn1. The van der Waals surface area contributed by atoms with E-state index in [-0.39, 0.29) is 0 Å². The lowest BCUT2D eigenvalue weighted by atomic mass is 9.95. The highest BCUT2D eigenvalue weighted by molar-refractivity contribution is 5.90. The monoisotopic (exact) mass is 383 g/mol. The topological polar surface area (TPSA) is 137 Å². The molecule has 150 valence electrons. The molecule has 0 spiro atoms. The lowest BCUT2D eigenvalue weighted by Gasteiger charge is -2.22. The zero-order valence-electron chi connectivity index (χ0n) is 16.2. The summed E-state index contributed by atoms with van der Waals surface area (Å²) < 4.78 is 5.28. The van der Waals surface area contributed by atoms with Gasteiger partial charge in [-0.15, -0.1) is 0 Å². The molecule has 2 heterocycles. The van der Waals surface area contributed by atoms with Crippen molar-refractivity contribution in [1.29, 1.82) is 0 Å². The van der Waals surface area contributed by atoms with Crippen LogP contribution in [0, 0.1) is 0 Å². The summed E-state index contributed by atoms with van der Waals surface area (Å²) in [5, 5.41) is 3.63. The van der Waals surface area contributed by atoms with Crippen LogP contribution in [-0.2, 0) is 0 Å². The van der Waals surface area contributed by atoms with Crippen LogP contribution in [0.4, 0.5) is 17.3 Å². The highest BCUT2D eigenvalue weighted by atomic mass is 16.5. The van der Waals surface area contributed by atoms with Crippen LogP contribution in [-0.4, -0.2) is 29.7 Å². The van der Waals surface area contributed by atoms with E-state index >= 15 is 0 Å². The zero-order chi connectivity index (χ0) is 19.9. The molecule has 0 unspecified atom stereocenters. The second-order valence-corrected chi connectivity index (χ2v) is 6.95. The van der Waals surface area contributed by atoms with Gasteiger partial charge in [0.05, 0.1) is 12.8 Å². The Hall–Kier alpha value is -2.84. The highest BCUT2D eigenvalue weighted by Gasteiger charge is 2.16. The molecule has 0 amide bonds. The molecule has 0 aliphatic heterocycles. The fourth-order valence-electron chi connectivity index (χ4n) is 3.61. The molecule has 3 rings (SSSR count). The number of aromatic nitrogens is 2. The molecule has 28 heavy (non-hydrogen) atoms. The summed E-state index contributed by atoms with van der Waals surface area (Å²) in [4.78, 5) is 8.35. The molecule has 8 nitrogen and oxygen atoms in total. The van der Waals surface area contributed by atoms with Gasteiger partial charge in [-0.25, -0.2) is 15.8 Å². The zero-order valence-corrected chi connectivity index (χ0v) is 16.2. The van der Waals surface area contributed by atoms with Crippen molar-refractivity contribution in [1.82, 2.24) is 15.3 Å². The number of hydrogen-bond donors (Lipinski definition) is 5. The van der Waals surface area contributed by atoms with Crippen LogP contribution < -0.4 is 32.8 Å². The molecule has 0 aromatic carbocycles. The van der Waals surface area contributed by atoms with Crippen molar-refractivity contribution in [3.8, 4) is 5.88 Å². The molecular weight excluding hydrogens is 354 g/mol. The van der Waals surface area contributed by atoms with Gasteiger partial charge in [0.25, 0.3) is 0 Å². The van der Waals surface area contributed by atoms with Crippen molar-refractivity contribution in [2.45, 2.75) is 38.1 Å². The summed E-state index contributed by atoms with van der Waals surface area (Å²) in [6, 6.07) is 6.10. The quantitative estimate of drug-likeness (QED) is 0.363. The predicted molar refractivity (Wildman–Crippen MR) is 114 cm³/mol. The average molecular weight is 384 g/mol. The Labute approximate surface area is 165 Å². The smallest absolute Gasteiger partial charge is 0.213 e. The Balaban J connectivity index is 1.96. The van der Waals surface area contributed by atoms with Gasteiger partial charge in [0.2, 0.25) is 5.88 Å². The van der Waals surface area contributed by atoms with Gasteiger partial charge < -0.3 is 26.9 Å². The van der Waals surface area contributed by atoms with Gasteiger partial charge in [-0.05, 0) is 36.1 Å². The molecule has 1 aliphatic rings. The summed E-state index contributed by atoms with van der Waals surface area (Å²) in [6.07, 6.45) is 10.2. The first-order valence-electron chi connectivity index (χ1n) is 9.59. The van der Waals surface area contributed by atoms with Crippen molar-refractivity contribution in [2.75, 3.05) is 30.5 Å². The number of rotatable bonds is 7. The van der Waals surface area contributed by atoms with E-state index < -0.39 is 0 Å². The van der Waals surface area contributed by atoms with E-state index in [4.69, 9.17) is 22.0 Å². The van der Waals surface area contributed by atoms with Gasteiger partial charge in [-0.2, -0.15) is 0 Å². The average Bonchev–Trinajstić information content (AvgIpc) is 2.73. The number of ether oxygens (including phenoxy) is 1. The fourth-order valence-corrected chi connectivity index (χ4v) is 3.61. The van der Waals surface area contributed by atoms with Crippen LogP contribution in [0.5, 0.6) is 5.88 Å². The summed E-state index contributed by atoms with van der Waals surface area (Å²) >= 11 is 0. The predicted octanol–water partition coefficient (Wildman–Crippen LogP) is 2.29. The summed E-state index contributed by atoms with van der Waals surface area (Å²) in [5.41, 5.74) is 17.9. The first-order valence-corrected chi connectivity index (χ1v) is 9.59. The molecule has 0 atom stereocenters. The van der Waals surface area contributed by atoms with Crippen molar-refractivity contribution >= 4 is 22.9 Å². The summed E-state index contributed by atoms with van der Waals surface area (Å²) in [7, 11) is 1.59. The molecule has 0 saturated heterocycles. The van der Waals surface area contributed by atoms with Crippen molar-refractivity contribution < 1.29 is 4.74 Å². The number of hydrogen-bond acceptors (Lipinski definition) is 8. The van der Waals surface area contributed by atoms with Crippen LogP contribution in [0.15, 0.2) is 30.5 Å². The molecule has 2 aromatic heterocycles. The first kappa shape index (κ1) is 19.9. The second kappa shape index (κ2) is 9.38. The molecule has 1 fully saturated rings. The lowest BCUT2D eigenvalue weighted by Crippen LogP contribution is -2.31. The number of nitrogen functional groups attached to an aromatic ring is 3. The minimum Gasteiger partial charge on any atom is -0.481 e. The van der Waals surface area contributed by atoms with Crippen LogP contribution in [0.2, 0.25) is 0 Å². The molecule has 2 aromatic rings. The maximum Gasteiger partial charge on any atom is 0.213 e. The van der Waals surface area contributed by atoms with E-state index in [2.05, 4.69) is 26.8 Å². The number of nitrogens with one attached hydrogen (secondary N) is 2. The molecule has 1 saturated carbocycles. The number of nitrogens with two attached hydrogens (primary N) is 3. The molecule has 1 aliphatic carbocycles. The molecule has 8 heteroatoms. The molecule has 0 radical (unpaired) electrons. The normalized spacial score (nSPS) is 15.4. The number of methoxy groups -OCH3 is 1. The van der Waals surface area contributed by atoms with Crippen molar-refractivity contribution in [3.63, 3.8) is 0 Å². The molecular formula is C20H29N7O. The Bertz CT molecular complexity index is 831. The largest absolute Gasteiger partial charge is 0.481 e. The van der Waals surface area contributed by atoms with Gasteiger partial charge >= 0.3 is 0 Å². The number of anilines is 3. The second-order valence-electron chi connectivity index (χ2n) is 6.95. The van der Waals surface area contributed by atoms with Crippen molar-refractivity contribution in [3.05, 3.63) is 41.6 Å². The minimum absolute atomic E-state index is 0.337. The van der Waals surface area contributed by atoms with Gasteiger partial charge in [0.1, 0.15) is 5.82 Å². The summed E-state index contributed by atoms with van der Waals surface area (Å²) in [6.45, 7) is 0.720. The molecule has 8 N–H and O–H groups in total. The standard InChI is InChI=1S/C20H29N7O/c1-28-18-11-13(7-9-25-18)15(8-10-24-14-5-3-2-4-6-14)16-12-17(21)26-20(27-23)19(16)22/h7-9,11-12,14,24H,2-6,10,22-23H2,1H3,(H3,21,26,27)/b15-8+. The van der Waals surface area contributed by atoms with Gasteiger partial charge in [0, 0.05) is 30.4 Å². The third-order valence-corrected chi connectivity index (χ3v) is 5.08. The first-order chi connectivity index (χ1) is 13.6.